The lowest BCUT2D eigenvalue weighted by Crippen LogP contribution is -1.99. The number of halogens is 1. The van der Waals surface area contributed by atoms with Crippen LogP contribution in [-0.4, -0.2) is 29.8 Å². The second kappa shape index (κ2) is 8.49. The van der Waals surface area contributed by atoms with Crippen LogP contribution >= 0.6 is 27.7 Å². The van der Waals surface area contributed by atoms with Crippen LogP contribution in [0.25, 0.3) is 17.2 Å². The van der Waals surface area contributed by atoms with Gasteiger partial charge in [0.25, 0.3) is 5.22 Å². The molecule has 8 heteroatoms. The lowest BCUT2D eigenvalue weighted by molar-refractivity contribution is -0.131. The molecule has 0 aliphatic heterocycles. The molecule has 0 saturated carbocycles. The van der Waals surface area contributed by atoms with Crippen molar-refractivity contribution in [2.24, 2.45) is 0 Å². The van der Waals surface area contributed by atoms with Gasteiger partial charge in [-0.1, -0.05) is 12.1 Å². The Labute approximate surface area is 168 Å². The van der Waals surface area contributed by atoms with E-state index in [2.05, 4.69) is 20.9 Å². The number of benzene rings is 2. The molecule has 0 aliphatic rings. The zero-order valence-electron chi connectivity index (χ0n) is 14.6. The van der Waals surface area contributed by atoms with Crippen LogP contribution in [0.4, 0.5) is 0 Å². The number of carbonyl (C=O) groups is 1. The quantitative estimate of drug-likeness (QED) is 0.391. The van der Waals surface area contributed by atoms with Crippen LogP contribution in [0.3, 0.4) is 0 Å². The molecule has 0 radical (unpaired) electrons. The summed E-state index contributed by atoms with van der Waals surface area (Å²) in [4.78, 5) is 16.1. The Kier molecular flexibility index (Phi) is 6.08. The van der Waals surface area contributed by atoms with Crippen LogP contribution < -0.4 is 9.47 Å². The van der Waals surface area contributed by atoms with Gasteiger partial charge < -0.3 is 19.0 Å². The maximum absolute atomic E-state index is 11.7. The fourth-order valence-electron chi connectivity index (χ4n) is 2.41. The minimum absolute atomic E-state index is 0.0704. The summed E-state index contributed by atoms with van der Waals surface area (Å²) in [5, 5.41) is 9.85. The number of nitrogens with zero attached hydrogens (tertiary/aromatic N) is 1. The van der Waals surface area contributed by atoms with Crippen molar-refractivity contribution in [2.45, 2.75) is 12.1 Å². The Hall–Kier alpha value is -2.45. The van der Waals surface area contributed by atoms with Gasteiger partial charge in [0, 0.05) is 0 Å². The number of fused-ring (bicyclic) bond motifs is 1. The summed E-state index contributed by atoms with van der Waals surface area (Å²) in [6.07, 6.45) is 1.54. The fourth-order valence-corrected chi connectivity index (χ4v) is 3.77. The largest absolute Gasteiger partial charge is 0.492 e. The highest BCUT2D eigenvalue weighted by Crippen LogP contribution is 2.38. The van der Waals surface area contributed by atoms with Crippen molar-refractivity contribution in [1.29, 1.82) is 0 Å². The molecule has 0 bridgehead atoms. The van der Waals surface area contributed by atoms with Crippen molar-refractivity contribution >= 4 is 50.8 Å². The molecule has 3 aromatic rings. The Bertz CT molecular complexity index is 982. The summed E-state index contributed by atoms with van der Waals surface area (Å²) in [7, 11) is 1.55. The average Bonchev–Trinajstić information content (AvgIpc) is 3.03. The number of methoxy groups -OCH3 is 1. The van der Waals surface area contributed by atoms with E-state index in [0.29, 0.717) is 39.2 Å². The summed E-state index contributed by atoms with van der Waals surface area (Å²) in [6, 6.07) is 10.8. The average molecular weight is 450 g/mol. The number of oxazole rings is 1. The van der Waals surface area contributed by atoms with Gasteiger partial charge in [0.2, 0.25) is 0 Å². The minimum Gasteiger partial charge on any atom is -0.492 e. The van der Waals surface area contributed by atoms with Gasteiger partial charge in [0.15, 0.2) is 17.1 Å². The lowest BCUT2D eigenvalue weighted by atomic mass is 10.2. The molecule has 1 heterocycles. The predicted octanol–water partition coefficient (Wildman–Crippen LogP) is 5.22. The number of hydrogen-bond acceptors (Lipinski definition) is 6. The zero-order valence-corrected chi connectivity index (χ0v) is 17.0. The summed E-state index contributed by atoms with van der Waals surface area (Å²) < 4.78 is 17.2. The van der Waals surface area contributed by atoms with Gasteiger partial charge in [0.1, 0.15) is 10.4 Å². The van der Waals surface area contributed by atoms with Crippen LogP contribution in [0.2, 0.25) is 0 Å². The Balaban J connectivity index is 1.96. The number of carboxylic acids is 1. The molecule has 0 fully saturated rings. The zero-order chi connectivity index (χ0) is 19.4. The molecule has 2 aromatic carbocycles. The summed E-state index contributed by atoms with van der Waals surface area (Å²) in [6.45, 7) is 2.32. The number of rotatable bonds is 7. The minimum atomic E-state index is -1.08. The monoisotopic (exact) mass is 449 g/mol. The van der Waals surface area contributed by atoms with E-state index in [1.54, 1.807) is 25.3 Å². The molecule has 0 saturated heterocycles. The molecule has 0 unspecified atom stereocenters. The molecule has 0 atom stereocenters. The third-order valence-electron chi connectivity index (χ3n) is 3.52. The second-order valence-corrected chi connectivity index (χ2v) is 7.18. The normalized spacial score (nSPS) is 11.6. The highest BCUT2D eigenvalue weighted by Gasteiger charge is 2.16. The Morgan fingerprint density at radius 3 is 2.81 bits per heavy atom. The van der Waals surface area contributed by atoms with Crippen molar-refractivity contribution in [2.75, 3.05) is 13.7 Å². The van der Waals surface area contributed by atoms with E-state index in [9.17, 15) is 9.90 Å². The molecule has 0 aliphatic carbocycles. The Morgan fingerprint density at radius 2 is 2.15 bits per heavy atom. The van der Waals surface area contributed by atoms with E-state index < -0.39 is 5.97 Å². The second-order valence-electron chi connectivity index (χ2n) is 5.33. The first-order valence-electron chi connectivity index (χ1n) is 8.00. The van der Waals surface area contributed by atoms with Crippen molar-refractivity contribution < 1.29 is 23.8 Å². The van der Waals surface area contributed by atoms with Crippen LogP contribution in [0.5, 0.6) is 11.5 Å². The number of hydrogen-bond donors (Lipinski definition) is 1. The highest BCUT2D eigenvalue weighted by atomic mass is 79.9. The van der Waals surface area contributed by atoms with E-state index in [-0.39, 0.29) is 10.1 Å². The van der Waals surface area contributed by atoms with E-state index in [1.807, 2.05) is 25.1 Å². The number of ether oxygens (including phenoxy) is 2. The van der Waals surface area contributed by atoms with Gasteiger partial charge in [-0.15, -0.1) is 0 Å². The molecule has 27 heavy (non-hydrogen) atoms. The SMILES string of the molecule is CCOc1cc(/C=C(\Sc2nc3ccccc3o2)C(=O)O)cc(Br)c1OC. The van der Waals surface area contributed by atoms with Gasteiger partial charge in [-0.05, 0) is 70.5 Å². The molecule has 0 amide bonds. The van der Waals surface area contributed by atoms with Crippen LogP contribution in [0.1, 0.15) is 12.5 Å². The molecular weight excluding hydrogens is 434 g/mol. The van der Waals surface area contributed by atoms with Gasteiger partial charge in [-0.3, -0.25) is 0 Å². The van der Waals surface area contributed by atoms with Crippen molar-refractivity contribution in [1.82, 2.24) is 4.98 Å². The third kappa shape index (κ3) is 4.45. The number of carboxylic acid groups (broad SMARTS) is 1. The van der Waals surface area contributed by atoms with Gasteiger partial charge in [-0.2, -0.15) is 0 Å². The Morgan fingerprint density at radius 1 is 1.37 bits per heavy atom. The highest BCUT2D eigenvalue weighted by molar-refractivity contribution is 9.10. The number of thioether (sulfide) groups is 1. The number of para-hydroxylation sites is 2. The molecule has 1 N–H and O–H groups in total. The van der Waals surface area contributed by atoms with E-state index in [4.69, 9.17) is 13.9 Å². The summed E-state index contributed by atoms with van der Waals surface area (Å²) in [5.41, 5.74) is 1.93. The van der Waals surface area contributed by atoms with Gasteiger partial charge in [0.05, 0.1) is 18.2 Å². The third-order valence-corrected chi connectivity index (χ3v) is 4.97. The number of aliphatic carboxylic acids is 1. The van der Waals surface area contributed by atoms with E-state index in [0.717, 1.165) is 11.8 Å². The van der Waals surface area contributed by atoms with E-state index >= 15 is 0 Å². The van der Waals surface area contributed by atoms with Crippen molar-refractivity contribution in [3.8, 4) is 11.5 Å². The summed E-state index contributed by atoms with van der Waals surface area (Å²) in [5.74, 6) is 0.00172. The van der Waals surface area contributed by atoms with Crippen molar-refractivity contribution in [3.05, 3.63) is 51.3 Å². The maximum Gasteiger partial charge on any atom is 0.342 e. The first kappa shape index (κ1) is 19.3. The number of aromatic nitrogens is 1. The van der Waals surface area contributed by atoms with Crippen LogP contribution in [-0.2, 0) is 4.79 Å². The topological polar surface area (TPSA) is 81.8 Å². The summed E-state index contributed by atoms with van der Waals surface area (Å²) >= 11 is 4.37. The molecule has 140 valence electrons. The molecule has 6 nitrogen and oxygen atoms in total. The molecular formula is C19H16BrNO5S. The van der Waals surface area contributed by atoms with Crippen LogP contribution in [0.15, 0.2) is 55.4 Å². The van der Waals surface area contributed by atoms with Gasteiger partial charge >= 0.3 is 5.97 Å². The fraction of sp³-hybridized carbons (Fsp3) is 0.158. The predicted molar refractivity (Wildman–Crippen MR) is 107 cm³/mol. The molecule has 1 aromatic heterocycles. The smallest absolute Gasteiger partial charge is 0.342 e. The first-order chi connectivity index (χ1) is 13.0. The molecule has 3 rings (SSSR count). The standard InChI is InChI=1S/C19H16BrNO5S/c1-3-25-15-9-11(8-12(20)17(15)24-2)10-16(18(22)23)27-19-21-13-6-4-5-7-14(13)26-19/h4-10H,3H2,1-2H3,(H,22,23)/b16-10-. The van der Waals surface area contributed by atoms with E-state index in [1.165, 1.54) is 6.08 Å². The van der Waals surface area contributed by atoms with Gasteiger partial charge in [-0.25, -0.2) is 9.78 Å². The van der Waals surface area contributed by atoms with Crippen LogP contribution in [0, 0.1) is 0 Å². The van der Waals surface area contributed by atoms with Crippen molar-refractivity contribution in [3.63, 3.8) is 0 Å². The maximum atomic E-state index is 11.7. The molecule has 0 spiro atoms. The lowest BCUT2D eigenvalue weighted by Gasteiger charge is -2.12. The first-order valence-corrected chi connectivity index (χ1v) is 9.61.